The van der Waals surface area contributed by atoms with Gasteiger partial charge in [0.2, 0.25) is 0 Å². The number of likely N-dealkylation sites (tertiary alicyclic amines) is 2. The largest absolute Gasteiger partial charge is 0.483 e. The van der Waals surface area contributed by atoms with Crippen molar-refractivity contribution in [2.45, 2.75) is 127 Å². The molecule has 4 atom stereocenters. The van der Waals surface area contributed by atoms with Gasteiger partial charge in [-0.15, -0.1) is 0 Å². The first-order valence-electron chi connectivity index (χ1n) is 21.8. The standard InChI is InChI=1S/C46H54FN7O6/c1-26-34(47)21-36-33(23-48-54(36)37-12-8-9-17-58-37)38(26)39-40(29-13-14-29)50-41-35(22-46(3,4)53-25-30-20-31(53)24-52(30)45(55)56)49-44(60-32-15-18-57-19-16-32)51-42(41)43(39)59-27(2)28-10-6-5-7-11-28/h5-7,10-11,21,23,27,29-32,37H,8-9,12-20,22,24-25H2,1-4H3,(H,55,56)/t27-,30-,31-,37?/m0/s1. The summed E-state index contributed by atoms with van der Waals surface area (Å²) in [5.74, 6) is 0.308. The molecule has 13 nitrogen and oxygen atoms in total. The molecule has 1 saturated carbocycles. The van der Waals surface area contributed by atoms with E-state index in [-0.39, 0.29) is 42.2 Å². The number of carbonyl (C=O) groups is 1. The van der Waals surface area contributed by atoms with Crippen molar-refractivity contribution in [3.05, 3.63) is 70.9 Å². The first-order valence-corrected chi connectivity index (χ1v) is 21.8. The molecule has 1 amide bonds. The van der Waals surface area contributed by atoms with Crippen molar-refractivity contribution in [3.63, 3.8) is 0 Å². The fourth-order valence-corrected chi connectivity index (χ4v) is 10.1. The predicted molar refractivity (Wildman–Crippen MR) is 223 cm³/mol. The Morgan fingerprint density at radius 3 is 2.48 bits per heavy atom. The van der Waals surface area contributed by atoms with Crippen LogP contribution in [0.15, 0.2) is 42.6 Å². The van der Waals surface area contributed by atoms with Gasteiger partial charge in [-0.3, -0.25) is 4.90 Å². The van der Waals surface area contributed by atoms with E-state index in [1.165, 1.54) is 0 Å². The van der Waals surface area contributed by atoms with Crippen LogP contribution in [0.2, 0.25) is 0 Å². The molecule has 10 rings (SSSR count). The Bertz CT molecular complexity index is 2430. The lowest BCUT2D eigenvalue weighted by molar-refractivity contribution is -0.0366. The van der Waals surface area contributed by atoms with Crippen LogP contribution >= 0.6 is 0 Å². The minimum atomic E-state index is -0.859. The number of pyridine rings is 1. The summed E-state index contributed by atoms with van der Waals surface area (Å²) in [5.41, 5.74) is 5.87. The summed E-state index contributed by atoms with van der Waals surface area (Å²) < 4.78 is 44.1. The van der Waals surface area contributed by atoms with E-state index in [0.29, 0.717) is 85.6 Å². The summed E-state index contributed by atoms with van der Waals surface area (Å²) >= 11 is 0. The molecule has 60 heavy (non-hydrogen) atoms. The van der Waals surface area contributed by atoms with E-state index in [4.69, 9.17) is 39.0 Å². The van der Waals surface area contributed by atoms with Gasteiger partial charge in [0.25, 0.3) is 0 Å². The maximum atomic E-state index is 16.6. The van der Waals surface area contributed by atoms with Crippen molar-refractivity contribution in [2.75, 3.05) is 32.9 Å². The Morgan fingerprint density at radius 1 is 0.983 bits per heavy atom. The molecule has 5 aromatic rings. The Balaban J connectivity index is 1.19. The van der Waals surface area contributed by atoms with Crippen LogP contribution in [0.5, 0.6) is 11.8 Å². The van der Waals surface area contributed by atoms with Crippen LogP contribution in [-0.4, -0.2) is 102 Å². The zero-order valence-corrected chi connectivity index (χ0v) is 34.9. The molecule has 5 aliphatic rings. The minimum Gasteiger partial charge on any atom is -0.483 e. The van der Waals surface area contributed by atoms with E-state index in [0.717, 1.165) is 66.4 Å². The van der Waals surface area contributed by atoms with E-state index >= 15 is 4.39 Å². The maximum absolute atomic E-state index is 16.6. The van der Waals surface area contributed by atoms with Gasteiger partial charge in [0.1, 0.15) is 29.1 Å². The number of ether oxygens (including phenoxy) is 4. The fourth-order valence-electron chi connectivity index (χ4n) is 10.1. The van der Waals surface area contributed by atoms with E-state index in [1.54, 1.807) is 11.0 Å². The lowest BCUT2D eigenvalue weighted by Crippen LogP contribution is -2.56. The van der Waals surface area contributed by atoms with Gasteiger partial charge in [-0.1, -0.05) is 30.3 Å². The number of amides is 1. The molecule has 5 fully saturated rings. The molecule has 2 aromatic carbocycles. The van der Waals surface area contributed by atoms with Crippen LogP contribution in [0.1, 0.15) is 113 Å². The normalized spacial score (nSPS) is 23.1. The summed E-state index contributed by atoms with van der Waals surface area (Å²) in [6.07, 6.45) is 7.60. The number of piperazine rings is 1. The molecule has 4 saturated heterocycles. The topological polar surface area (TPSA) is 137 Å². The highest BCUT2D eigenvalue weighted by molar-refractivity contribution is 6.03. The van der Waals surface area contributed by atoms with Gasteiger partial charge in [-0.2, -0.15) is 15.1 Å². The SMILES string of the molecule is Cc1c(F)cc2c(cnn2C2CCCCO2)c1-c1c(C2CC2)nc2c(CC(C)(C)N3C[C@@H]4C[C@H]3CN4C(=O)O)nc(OC3CCOCC3)nc2c1O[C@@H](C)c1ccccc1. The van der Waals surface area contributed by atoms with E-state index in [2.05, 4.69) is 18.7 Å². The number of carboxylic acid groups (broad SMARTS) is 1. The number of rotatable bonds is 11. The lowest BCUT2D eigenvalue weighted by Gasteiger charge is -2.43. The smallest absolute Gasteiger partial charge is 0.407 e. The second-order valence-electron chi connectivity index (χ2n) is 18.0. The third-order valence-corrected chi connectivity index (χ3v) is 13.5. The van der Waals surface area contributed by atoms with Gasteiger partial charge in [0.05, 0.1) is 36.3 Å². The van der Waals surface area contributed by atoms with Crippen molar-refractivity contribution in [1.82, 2.24) is 34.5 Å². The number of nitrogens with zero attached hydrogens (tertiary/aromatic N) is 7. The van der Waals surface area contributed by atoms with Gasteiger partial charge in [0.15, 0.2) is 12.0 Å². The summed E-state index contributed by atoms with van der Waals surface area (Å²) in [6, 6.07) is 12.0. The molecule has 1 N–H and O–H groups in total. The molecule has 316 valence electrons. The zero-order valence-electron chi connectivity index (χ0n) is 34.9. The van der Waals surface area contributed by atoms with Gasteiger partial charge >= 0.3 is 12.1 Å². The van der Waals surface area contributed by atoms with Crippen LogP contribution < -0.4 is 9.47 Å². The minimum absolute atomic E-state index is 0.0386. The van der Waals surface area contributed by atoms with Gasteiger partial charge in [-0.25, -0.2) is 18.9 Å². The number of aromatic nitrogens is 5. The zero-order chi connectivity index (χ0) is 41.3. The first kappa shape index (κ1) is 39.2. The highest BCUT2D eigenvalue weighted by Crippen LogP contribution is 2.52. The Morgan fingerprint density at radius 2 is 1.78 bits per heavy atom. The van der Waals surface area contributed by atoms with Crippen LogP contribution in [0.3, 0.4) is 0 Å². The molecule has 14 heteroatoms. The fraction of sp³-hybridized carbons (Fsp3) is 0.543. The molecule has 4 aliphatic heterocycles. The molecule has 7 heterocycles. The molecule has 2 bridgehead atoms. The van der Waals surface area contributed by atoms with E-state index < -0.39 is 17.7 Å². The summed E-state index contributed by atoms with van der Waals surface area (Å²) in [7, 11) is 0. The highest BCUT2D eigenvalue weighted by Gasteiger charge is 2.50. The summed E-state index contributed by atoms with van der Waals surface area (Å²) in [6.45, 7) is 11.2. The maximum Gasteiger partial charge on any atom is 0.407 e. The second kappa shape index (κ2) is 15.5. The monoisotopic (exact) mass is 819 g/mol. The third-order valence-electron chi connectivity index (χ3n) is 13.5. The van der Waals surface area contributed by atoms with Crippen LogP contribution in [0.4, 0.5) is 9.18 Å². The van der Waals surface area contributed by atoms with Crippen molar-refractivity contribution in [2.24, 2.45) is 0 Å². The van der Waals surface area contributed by atoms with E-state index in [9.17, 15) is 9.90 Å². The van der Waals surface area contributed by atoms with Gasteiger partial charge in [0, 0.05) is 85.1 Å². The summed E-state index contributed by atoms with van der Waals surface area (Å²) in [4.78, 5) is 32.0. The molecule has 0 radical (unpaired) electrons. The Labute approximate surface area is 349 Å². The lowest BCUT2D eigenvalue weighted by atomic mass is 9.90. The summed E-state index contributed by atoms with van der Waals surface area (Å²) in [5, 5.41) is 15.5. The molecule has 3 aromatic heterocycles. The average molecular weight is 820 g/mol. The van der Waals surface area contributed by atoms with Gasteiger partial charge in [-0.05, 0) is 77.3 Å². The van der Waals surface area contributed by atoms with E-state index in [1.807, 2.05) is 55.1 Å². The Kier molecular flexibility index (Phi) is 10.1. The average Bonchev–Trinajstić information content (AvgIpc) is 3.67. The number of fused-ring (bicyclic) bond motifs is 4. The first-order chi connectivity index (χ1) is 29.0. The quantitative estimate of drug-likeness (QED) is 0.137. The van der Waals surface area contributed by atoms with Crippen LogP contribution in [-0.2, 0) is 15.9 Å². The number of hydrogen-bond acceptors (Lipinski definition) is 10. The number of halogens is 1. The van der Waals surface area contributed by atoms with Crippen molar-refractivity contribution < 1.29 is 33.2 Å². The molecule has 0 spiro atoms. The molecule has 1 aliphatic carbocycles. The van der Waals surface area contributed by atoms with Crippen LogP contribution in [0, 0.1) is 12.7 Å². The predicted octanol–water partition coefficient (Wildman–Crippen LogP) is 8.52. The second-order valence-corrected chi connectivity index (χ2v) is 18.0. The highest BCUT2D eigenvalue weighted by atomic mass is 19.1. The molecular weight excluding hydrogens is 766 g/mol. The van der Waals surface area contributed by atoms with Crippen molar-refractivity contribution in [3.8, 4) is 22.9 Å². The van der Waals surface area contributed by atoms with Crippen molar-refractivity contribution >= 4 is 28.0 Å². The molecule has 1 unspecified atom stereocenters. The third kappa shape index (κ3) is 7.13. The number of hydrogen-bond donors (Lipinski definition) is 1. The van der Waals surface area contributed by atoms with Crippen LogP contribution in [0.25, 0.3) is 33.1 Å². The van der Waals surface area contributed by atoms with Crippen molar-refractivity contribution in [1.29, 1.82) is 0 Å². The van der Waals surface area contributed by atoms with Gasteiger partial charge < -0.3 is 29.0 Å². The number of benzene rings is 2. The molecular formula is C46H54FN7O6. The Hall–Kier alpha value is -4.92.